The third-order valence-electron chi connectivity index (χ3n) is 3.04. The molecule has 106 valence electrons. The molecule has 1 aromatic carbocycles. The fourth-order valence-corrected chi connectivity index (χ4v) is 2.10. The van der Waals surface area contributed by atoms with Gasteiger partial charge >= 0.3 is 0 Å². The lowest BCUT2D eigenvalue weighted by Gasteiger charge is -2.03. The van der Waals surface area contributed by atoms with Crippen molar-refractivity contribution in [3.8, 4) is 11.5 Å². The summed E-state index contributed by atoms with van der Waals surface area (Å²) in [5.41, 5.74) is 2.17. The maximum atomic E-state index is 5.65. The number of hydrogen-bond donors (Lipinski definition) is 1. The first-order valence-corrected chi connectivity index (χ1v) is 6.52. The molecule has 1 aromatic heterocycles. The molecule has 1 N–H and O–H groups in total. The van der Waals surface area contributed by atoms with Crippen LogP contribution in [0.5, 0.6) is 11.5 Å². The molecule has 0 fully saturated rings. The minimum Gasteiger partial charge on any atom is -0.467 e. The number of benzene rings is 1. The maximum absolute atomic E-state index is 5.65. The van der Waals surface area contributed by atoms with Gasteiger partial charge in [0.25, 0.3) is 0 Å². The molecular formula is C15H17NO4. The van der Waals surface area contributed by atoms with Crippen LogP contribution < -0.4 is 14.8 Å². The number of hydrogen-bond acceptors (Lipinski definition) is 5. The van der Waals surface area contributed by atoms with Crippen molar-refractivity contribution in [2.75, 3.05) is 13.8 Å². The molecule has 0 amide bonds. The van der Waals surface area contributed by atoms with Crippen LogP contribution in [-0.2, 0) is 24.5 Å². The molecule has 0 spiro atoms. The Balaban J connectivity index is 1.51. The summed E-state index contributed by atoms with van der Waals surface area (Å²) in [5, 5.41) is 3.08. The molecule has 0 unspecified atom stereocenters. The third-order valence-corrected chi connectivity index (χ3v) is 3.04. The molecule has 3 rings (SSSR count). The number of fused-ring (bicyclic) bond motifs is 1. The van der Waals surface area contributed by atoms with Crippen LogP contribution in [0.4, 0.5) is 0 Å². The van der Waals surface area contributed by atoms with Crippen LogP contribution in [0, 0.1) is 0 Å². The molecule has 2 aromatic rings. The van der Waals surface area contributed by atoms with Gasteiger partial charge in [-0.1, -0.05) is 6.07 Å². The molecule has 5 heteroatoms. The molecule has 0 saturated carbocycles. The molecule has 5 nitrogen and oxygen atoms in total. The van der Waals surface area contributed by atoms with E-state index in [1.54, 1.807) is 6.26 Å². The molecule has 0 atom stereocenters. The second kappa shape index (κ2) is 5.98. The predicted molar refractivity (Wildman–Crippen MR) is 72.5 cm³/mol. The smallest absolute Gasteiger partial charge is 0.231 e. The summed E-state index contributed by atoms with van der Waals surface area (Å²) in [6.07, 6.45) is 1.75. The van der Waals surface area contributed by atoms with Gasteiger partial charge < -0.3 is 23.9 Å². The highest BCUT2D eigenvalue weighted by Gasteiger charge is 2.13. The van der Waals surface area contributed by atoms with E-state index < -0.39 is 0 Å². The zero-order valence-corrected chi connectivity index (χ0v) is 11.3. The van der Waals surface area contributed by atoms with Crippen molar-refractivity contribution in [3.63, 3.8) is 0 Å². The fourth-order valence-electron chi connectivity index (χ4n) is 2.10. The van der Waals surface area contributed by atoms with Crippen LogP contribution >= 0.6 is 0 Å². The van der Waals surface area contributed by atoms with Gasteiger partial charge in [-0.15, -0.1) is 0 Å². The van der Waals surface area contributed by atoms with E-state index in [-0.39, 0.29) is 0 Å². The Morgan fingerprint density at radius 2 is 2.00 bits per heavy atom. The van der Waals surface area contributed by atoms with Crippen molar-refractivity contribution in [2.24, 2.45) is 0 Å². The van der Waals surface area contributed by atoms with Crippen LogP contribution in [0.25, 0.3) is 0 Å². The molecule has 0 radical (unpaired) electrons. The standard InChI is InChI=1S/C15H17NO4/c1-16-6-12-4-13(18-8-12)9-17-7-11-2-3-14-15(5-11)20-10-19-14/h2-5,8,16H,6-7,9-10H2,1H3. The fraction of sp³-hybridized carbons (Fsp3) is 0.333. The SMILES string of the molecule is CNCc1coc(COCc2ccc3c(c2)OCO3)c1. The summed E-state index contributed by atoms with van der Waals surface area (Å²) >= 11 is 0. The molecule has 1 aliphatic rings. The highest BCUT2D eigenvalue weighted by Crippen LogP contribution is 2.32. The summed E-state index contributed by atoms with van der Waals surface area (Å²) < 4.78 is 21.7. The van der Waals surface area contributed by atoms with E-state index in [1.807, 2.05) is 31.3 Å². The number of rotatable bonds is 6. The van der Waals surface area contributed by atoms with E-state index >= 15 is 0 Å². The molecule has 0 bridgehead atoms. The maximum Gasteiger partial charge on any atom is 0.231 e. The highest BCUT2D eigenvalue weighted by molar-refractivity contribution is 5.44. The second-order valence-electron chi connectivity index (χ2n) is 4.63. The monoisotopic (exact) mass is 275 g/mol. The first kappa shape index (κ1) is 13.0. The number of furan rings is 1. The Labute approximate surface area is 117 Å². The highest BCUT2D eigenvalue weighted by atomic mass is 16.7. The van der Waals surface area contributed by atoms with Crippen molar-refractivity contribution in [3.05, 3.63) is 47.4 Å². The zero-order valence-electron chi connectivity index (χ0n) is 11.3. The number of ether oxygens (including phenoxy) is 3. The van der Waals surface area contributed by atoms with E-state index in [4.69, 9.17) is 18.6 Å². The van der Waals surface area contributed by atoms with E-state index in [2.05, 4.69) is 5.32 Å². The van der Waals surface area contributed by atoms with Gasteiger partial charge in [-0.05, 0) is 30.8 Å². The quantitative estimate of drug-likeness (QED) is 0.877. The van der Waals surface area contributed by atoms with Crippen molar-refractivity contribution in [2.45, 2.75) is 19.8 Å². The summed E-state index contributed by atoms with van der Waals surface area (Å²) in [6, 6.07) is 7.81. The van der Waals surface area contributed by atoms with E-state index in [1.165, 1.54) is 0 Å². The minimum absolute atomic E-state index is 0.292. The predicted octanol–water partition coefficient (Wildman–Crippen LogP) is 2.44. The Bertz CT molecular complexity index is 579. The molecule has 0 aliphatic carbocycles. The van der Waals surface area contributed by atoms with Crippen LogP contribution in [0.15, 0.2) is 34.9 Å². The van der Waals surface area contributed by atoms with Crippen molar-refractivity contribution >= 4 is 0 Å². The molecule has 0 saturated heterocycles. The van der Waals surface area contributed by atoms with Crippen LogP contribution in [0.1, 0.15) is 16.9 Å². The average Bonchev–Trinajstić information content (AvgIpc) is 3.08. The topological polar surface area (TPSA) is 52.9 Å². The third kappa shape index (κ3) is 2.95. The van der Waals surface area contributed by atoms with Gasteiger partial charge in [-0.2, -0.15) is 0 Å². The van der Waals surface area contributed by atoms with Gasteiger partial charge in [0.2, 0.25) is 6.79 Å². The van der Waals surface area contributed by atoms with Crippen LogP contribution in [0.3, 0.4) is 0 Å². The van der Waals surface area contributed by atoms with Gasteiger partial charge in [0.15, 0.2) is 11.5 Å². The Morgan fingerprint density at radius 1 is 1.10 bits per heavy atom. The molecule has 2 heterocycles. The van der Waals surface area contributed by atoms with E-state index in [9.17, 15) is 0 Å². The Hall–Kier alpha value is -1.98. The van der Waals surface area contributed by atoms with E-state index in [0.29, 0.717) is 20.0 Å². The van der Waals surface area contributed by atoms with Gasteiger partial charge in [-0.3, -0.25) is 0 Å². The van der Waals surface area contributed by atoms with E-state index in [0.717, 1.165) is 34.9 Å². The van der Waals surface area contributed by atoms with Crippen LogP contribution in [-0.4, -0.2) is 13.8 Å². The van der Waals surface area contributed by atoms with Crippen molar-refractivity contribution < 1.29 is 18.6 Å². The largest absolute Gasteiger partial charge is 0.467 e. The second-order valence-corrected chi connectivity index (χ2v) is 4.63. The lowest BCUT2D eigenvalue weighted by Crippen LogP contribution is -2.03. The van der Waals surface area contributed by atoms with Gasteiger partial charge in [0.05, 0.1) is 12.9 Å². The van der Waals surface area contributed by atoms with Gasteiger partial charge in [0.1, 0.15) is 12.4 Å². The molecule has 1 aliphatic heterocycles. The number of nitrogens with one attached hydrogen (secondary N) is 1. The average molecular weight is 275 g/mol. The minimum atomic E-state index is 0.292. The normalized spacial score (nSPS) is 12.8. The first-order chi connectivity index (χ1) is 9.85. The molecule has 20 heavy (non-hydrogen) atoms. The van der Waals surface area contributed by atoms with Gasteiger partial charge in [-0.25, -0.2) is 0 Å². The first-order valence-electron chi connectivity index (χ1n) is 6.52. The van der Waals surface area contributed by atoms with Crippen LogP contribution in [0.2, 0.25) is 0 Å². The molecular weight excluding hydrogens is 258 g/mol. The Kier molecular flexibility index (Phi) is 3.90. The lowest BCUT2D eigenvalue weighted by atomic mass is 10.2. The zero-order chi connectivity index (χ0) is 13.8. The van der Waals surface area contributed by atoms with Crippen molar-refractivity contribution in [1.82, 2.24) is 5.32 Å². The summed E-state index contributed by atoms with van der Waals surface area (Å²) in [4.78, 5) is 0. The summed E-state index contributed by atoms with van der Waals surface area (Å²) in [7, 11) is 1.91. The lowest BCUT2D eigenvalue weighted by molar-refractivity contribution is 0.0928. The Morgan fingerprint density at radius 3 is 2.90 bits per heavy atom. The summed E-state index contributed by atoms with van der Waals surface area (Å²) in [5.74, 6) is 2.40. The van der Waals surface area contributed by atoms with Gasteiger partial charge in [0, 0.05) is 12.1 Å². The van der Waals surface area contributed by atoms with Crippen molar-refractivity contribution in [1.29, 1.82) is 0 Å². The summed E-state index contributed by atoms with van der Waals surface area (Å²) in [6.45, 7) is 2.06.